The average Bonchev–Trinajstić information content (AvgIpc) is 3.40. The maximum Gasteiger partial charge on any atom is 0.309 e. The van der Waals surface area contributed by atoms with Gasteiger partial charge in [0.05, 0.1) is 17.8 Å². The van der Waals surface area contributed by atoms with Gasteiger partial charge in [0, 0.05) is 31.3 Å². The number of ether oxygens (including phenoxy) is 1. The molecule has 3 fully saturated rings. The van der Waals surface area contributed by atoms with Gasteiger partial charge in [0.1, 0.15) is 9.84 Å². The molecule has 5 aliphatic carbocycles. The van der Waals surface area contributed by atoms with E-state index >= 15 is 0 Å². The van der Waals surface area contributed by atoms with Crippen molar-refractivity contribution >= 4 is 21.6 Å². The first kappa shape index (κ1) is 42.8. The third-order valence-electron chi connectivity index (χ3n) is 16.9. The molecule has 1 saturated heterocycles. The largest absolute Gasteiger partial charge is 0.466 e. The molecular formula is C47H76N2O5S. The van der Waals surface area contributed by atoms with Crippen molar-refractivity contribution in [3.8, 4) is 0 Å². The van der Waals surface area contributed by atoms with Crippen molar-refractivity contribution < 1.29 is 22.7 Å². The summed E-state index contributed by atoms with van der Waals surface area (Å²) in [5, 5.41) is 3.82. The maximum atomic E-state index is 14.0. The molecule has 0 aromatic carbocycles. The zero-order valence-electron chi connectivity index (χ0n) is 36.4. The van der Waals surface area contributed by atoms with E-state index < -0.39 is 9.84 Å². The van der Waals surface area contributed by atoms with E-state index in [0.29, 0.717) is 43.5 Å². The lowest BCUT2D eigenvalue weighted by molar-refractivity contribution is -0.158. The smallest absolute Gasteiger partial charge is 0.309 e. The number of esters is 1. The minimum absolute atomic E-state index is 0.0104. The lowest BCUT2D eigenvalue weighted by Crippen LogP contribution is -2.61. The summed E-state index contributed by atoms with van der Waals surface area (Å²) in [4.78, 5) is 28.9. The van der Waals surface area contributed by atoms with Crippen LogP contribution in [0, 0.1) is 45.3 Å². The van der Waals surface area contributed by atoms with Crippen molar-refractivity contribution in [2.45, 2.75) is 163 Å². The van der Waals surface area contributed by atoms with E-state index in [2.05, 4.69) is 77.8 Å². The van der Waals surface area contributed by atoms with Crippen LogP contribution >= 0.6 is 0 Å². The van der Waals surface area contributed by atoms with Crippen molar-refractivity contribution in [3.05, 3.63) is 34.4 Å². The molecule has 7 nitrogen and oxygen atoms in total. The first-order chi connectivity index (χ1) is 25.8. The molecule has 310 valence electrons. The monoisotopic (exact) mass is 781 g/mol. The standard InChI is InChI=1S/C47H76N2O5S/c1-11-13-40-45(8)22-18-36(33-14-16-34(17-15-33)42(51)54-12-2)43(5,6)39(45)19-23-46(40,9)44(7)24-25-47(31-38(50)41(32(3)4)37(47)30-44)48-26-29-49-27-20-35(21-28-49)55(10,52)53/h14,18,32,34-35,39-40,48H,11-13,15-17,19-31H2,1-10H3/t34?,39-,40+,44+,45-,46+,47+/m0/s1. The zero-order valence-corrected chi connectivity index (χ0v) is 37.2. The third-order valence-corrected chi connectivity index (χ3v) is 18.6. The minimum atomic E-state index is -2.99. The Morgan fingerprint density at radius 1 is 0.982 bits per heavy atom. The van der Waals surface area contributed by atoms with Crippen LogP contribution in [0.5, 0.6) is 0 Å². The van der Waals surface area contributed by atoms with Gasteiger partial charge in [-0.05, 0) is 159 Å². The third kappa shape index (κ3) is 7.65. The quantitative estimate of drug-likeness (QED) is 0.197. The van der Waals surface area contributed by atoms with Crippen LogP contribution in [-0.2, 0) is 24.2 Å². The Balaban J connectivity index is 1.24. The van der Waals surface area contributed by atoms with Crippen molar-refractivity contribution in [3.63, 3.8) is 0 Å². The molecular weight excluding hydrogens is 705 g/mol. The molecule has 6 rings (SSSR count). The van der Waals surface area contributed by atoms with Gasteiger partial charge in [-0.3, -0.25) is 9.59 Å². The number of nitrogens with zero attached hydrogens (tertiary/aromatic N) is 1. The summed E-state index contributed by atoms with van der Waals surface area (Å²) in [5.74, 6) is 1.67. The average molecular weight is 781 g/mol. The Hall–Kier alpha value is -1.77. The molecule has 8 heteroatoms. The number of fused-ring (bicyclic) bond motifs is 2. The fourth-order valence-corrected chi connectivity index (χ4v) is 14.8. The second-order valence-corrected chi connectivity index (χ2v) is 22.9. The first-order valence-electron chi connectivity index (χ1n) is 22.3. The molecule has 1 aliphatic heterocycles. The van der Waals surface area contributed by atoms with Gasteiger partial charge in [0.2, 0.25) is 0 Å². The highest BCUT2D eigenvalue weighted by molar-refractivity contribution is 7.91. The van der Waals surface area contributed by atoms with Gasteiger partial charge in [-0.15, -0.1) is 0 Å². The SMILES string of the molecule is CCC[C@@H]1[C@@]2(C)CC=C(C3=CCC(C(=O)OCC)CC3)C(C)(C)[C@@H]2CC[C@@]1(C)[C@]1(C)CC[C@@]2(NCCN3CCC(S(C)(=O)=O)CC3)CC(=O)C(C(C)C)=C2C1. The van der Waals surface area contributed by atoms with Gasteiger partial charge >= 0.3 is 5.97 Å². The lowest BCUT2D eigenvalue weighted by atomic mass is 9.37. The number of likely N-dealkylation sites (tertiary alicyclic amines) is 1. The van der Waals surface area contributed by atoms with Crippen LogP contribution < -0.4 is 5.32 Å². The van der Waals surface area contributed by atoms with Gasteiger partial charge in [-0.25, -0.2) is 8.42 Å². The number of rotatable bonds is 12. The van der Waals surface area contributed by atoms with Crippen LogP contribution in [0.3, 0.4) is 0 Å². The number of carbonyl (C=O) groups excluding carboxylic acids is 2. The highest BCUT2D eigenvalue weighted by atomic mass is 32.2. The Kier molecular flexibility index (Phi) is 12.3. The predicted molar refractivity (Wildman–Crippen MR) is 224 cm³/mol. The van der Waals surface area contributed by atoms with Crippen molar-refractivity contribution in [1.82, 2.24) is 10.2 Å². The molecule has 2 saturated carbocycles. The summed E-state index contributed by atoms with van der Waals surface area (Å²) < 4.78 is 29.7. The lowest BCUT2D eigenvalue weighted by Gasteiger charge is -2.67. The molecule has 1 heterocycles. The summed E-state index contributed by atoms with van der Waals surface area (Å²) in [6, 6.07) is 0. The van der Waals surface area contributed by atoms with Gasteiger partial charge < -0.3 is 15.0 Å². The van der Waals surface area contributed by atoms with E-state index in [1.807, 2.05) is 6.92 Å². The Labute approximate surface area is 335 Å². The van der Waals surface area contributed by atoms with Crippen LogP contribution in [0.15, 0.2) is 34.4 Å². The number of hydrogen-bond donors (Lipinski definition) is 1. The summed E-state index contributed by atoms with van der Waals surface area (Å²) in [6.45, 7) is 25.5. The zero-order chi connectivity index (χ0) is 40.2. The van der Waals surface area contributed by atoms with Crippen molar-refractivity contribution in [2.24, 2.45) is 45.3 Å². The molecule has 1 unspecified atom stereocenters. The number of sulfone groups is 1. The second kappa shape index (κ2) is 15.8. The maximum absolute atomic E-state index is 14.0. The fraction of sp³-hybridized carbons (Fsp3) is 0.830. The summed E-state index contributed by atoms with van der Waals surface area (Å²) in [5.41, 5.74) is 5.72. The number of allylic oxidation sites excluding steroid dienone is 5. The van der Waals surface area contributed by atoms with E-state index in [4.69, 9.17) is 4.74 Å². The van der Waals surface area contributed by atoms with E-state index in [1.54, 1.807) is 0 Å². The molecule has 0 spiro atoms. The summed E-state index contributed by atoms with van der Waals surface area (Å²) in [7, 11) is -2.99. The number of Topliss-reactive ketones (excluding diaryl/α,β-unsaturated/α-hetero) is 1. The molecule has 55 heavy (non-hydrogen) atoms. The highest BCUT2D eigenvalue weighted by Crippen LogP contribution is 2.72. The van der Waals surface area contributed by atoms with Crippen LogP contribution in [0.1, 0.15) is 152 Å². The second-order valence-electron chi connectivity index (χ2n) is 20.6. The first-order valence-corrected chi connectivity index (χ1v) is 24.2. The predicted octanol–water partition coefficient (Wildman–Crippen LogP) is 9.42. The number of piperidine rings is 1. The van der Waals surface area contributed by atoms with Crippen LogP contribution in [0.25, 0.3) is 0 Å². The number of nitrogens with one attached hydrogen (secondary N) is 1. The Morgan fingerprint density at radius 3 is 2.29 bits per heavy atom. The topological polar surface area (TPSA) is 92.8 Å². The normalized spacial score (nSPS) is 37.4. The van der Waals surface area contributed by atoms with E-state index in [-0.39, 0.29) is 50.3 Å². The number of ketones is 1. The minimum Gasteiger partial charge on any atom is -0.466 e. The number of hydrogen-bond acceptors (Lipinski definition) is 7. The fourth-order valence-electron chi connectivity index (χ4n) is 13.7. The number of carbonyl (C=O) groups is 2. The van der Waals surface area contributed by atoms with Gasteiger partial charge in [0.15, 0.2) is 5.78 Å². The molecule has 0 bridgehead atoms. The molecule has 0 aromatic heterocycles. The molecule has 1 N–H and O–H groups in total. The van der Waals surface area contributed by atoms with Gasteiger partial charge in [0.25, 0.3) is 0 Å². The summed E-state index contributed by atoms with van der Waals surface area (Å²) >= 11 is 0. The van der Waals surface area contributed by atoms with Crippen LogP contribution in [0.4, 0.5) is 0 Å². The molecule has 0 amide bonds. The summed E-state index contributed by atoms with van der Waals surface area (Å²) in [6.07, 6.45) is 20.1. The molecule has 7 atom stereocenters. The Bertz CT molecular complexity index is 1680. The van der Waals surface area contributed by atoms with Crippen molar-refractivity contribution in [1.29, 1.82) is 0 Å². The van der Waals surface area contributed by atoms with Crippen molar-refractivity contribution in [2.75, 3.05) is 39.0 Å². The molecule has 0 aromatic rings. The van der Waals surface area contributed by atoms with Gasteiger partial charge in [-0.1, -0.05) is 74.0 Å². The molecule has 0 radical (unpaired) electrons. The Morgan fingerprint density at radius 2 is 1.69 bits per heavy atom. The highest BCUT2D eigenvalue weighted by Gasteiger charge is 2.65. The van der Waals surface area contributed by atoms with Crippen LogP contribution in [-0.4, -0.2) is 74.9 Å². The molecule has 6 aliphatic rings. The van der Waals surface area contributed by atoms with E-state index in [1.165, 1.54) is 48.7 Å². The van der Waals surface area contributed by atoms with Crippen LogP contribution in [0.2, 0.25) is 0 Å². The van der Waals surface area contributed by atoms with E-state index in [9.17, 15) is 18.0 Å². The van der Waals surface area contributed by atoms with Gasteiger partial charge in [-0.2, -0.15) is 0 Å². The van der Waals surface area contributed by atoms with E-state index in [0.717, 1.165) is 76.7 Å².